The second-order valence-electron chi connectivity index (χ2n) is 7.12. The Morgan fingerprint density at radius 2 is 1.90 bits per heavy atom. The van der Waals surface area contributed by atoms with E-state index in [9.17, 15) is 18.0 Å². The van der Waals surface area contributed by atoms with E-state index in [2.05, 4.69) is 10.6 Å². The van der Waals surface area contributed by atoms with Crippen molar-refractivity contribution in [3.05, 3.63) is 65.2 Å². The third kappa shape index (κ3) is 6.13. The van der Waals surface area contributed by atoms with Crippen LogP contribution in [0.3, 0.4) is 0 Å². The number of carbonyl (C=O) groups excluding carboxylic acids is 2. The minimum atomic E-state index is -3.20. The van der Waals surface area contributed by atoms with Crippen LogP contribution in [0.2, 0.25) is 0 Å². The standard InChI is InChI=1S/C21H24N2O5S/c1-29(26,27)14-15-6-4-7-16(12-15)20(24)23-19-10-3-2-9-18(19)21(25)22-13-17-8-5-11-28-17/h2-4,6-7,9-10,12,17H,5,8,11,13-14H2,1H3,(H,22,25)(H,23,24). The number of hydrogen-bond donors (Lipinski definition) is 2. The van der Waals surface area contributed by atoms with Gasteiger partial charge in [-0.15, -0.1) is 0 Å². The van der Waals surface area contributed by atoms with E-state index < -0.39 is 15.7 Å². The molecule has 8 heteroatoms. The quantitative estimate of drug-likeness (QED) is 0.722. The van der Waals surface area contributed by atoms with Crippen molar-refractivity contribution in [3.8, 4) is 0 Å². The van der Waals surface area contributed by atoms with Crippen molar-refractivity contribution >= 4 is 27.3 Å². The van der Waals surface area contributed by atoms with Gasteiger partial charge in [0.2, 0.25) is 0 Å². The van der Waals surface area contributed by atoms with Gasteiger partial charge in [0.25, 0.3) is 11.8 Å². The molecular weight excluding hydrogens is 392 g/mol. The van der Waals surface area contributed by atoms with Crippen LogP contribution in [-0.4, -0.2) is 45.7 Å². The summed E-state index contributed by atoms with van der Waals surface area (Å²) in [5.41, 5.74) is 1.59. The molecule has 1 atom stereocenters. The molecule has 3 rings (SSSR count). The van der Waals surface area contributed by atoms with Gasteiger partial charge in [-0.2, -0.15) is 0 Å². The minimum absolute atomic E-state index is 0.0262. The highest BCUT2D eigenvalue weighted by molar-refractivity contribution is 7.89. The molecule has 1 fully saturated rings. The Morgan fingerprint density at radius 1 is 1.10 bits per heavy atom. The monoisotopic (exact) mass is 416 g/mol. The van der Waals surface area contributed by atoms with Gasteiger partial charge in [0.15, 0.2) is 9.84 Å². The van der Waals surface area contributed by atoms with Crippen molar-refractivity contribution in [3.63, 3.8) is 0 Å². The number of hydrogen-bond acceptors (Lipinski definition) is 5. The maximum absolute atomic E-state index is 12.7. The Morgan fingerprint density at radius 3 is 2.62 bits per heavy atom. The van der Waals surface area contributed by atoms with E-state index in [1.165, 1.54) is 6.07 Å². The zero-order chi connectivity index (χ0) is 20.9. The van der Waals surface area contributed by atoms with Gasteiger partial charge in [0.05, 0.1) is 23.1 Å². The molecule has 0 bridgehead atoms. The van der Waals surface area contributed by atoms with Crippen LogP contribution in [0.5, 0.6) is 0 Å². The van der Waals surface area contributed by atoms with Crippen molar-refractivity contribution < 1.29 is 22.7 Å². The number of para-hydroxylation sites is 1. The highest BCUT2D eigenvalue weighted by atomic mass is 32.2. The first-order valence-electron chi connectivity index (χ1n) is 9.39. The SMILES string of the molecule is CS(=O)(=O)Cc1cccc(C(=O)Nc2ccccc2C(=O)NCC2CCCO2)c1. The number of nitrogens with one attached hydrogen (secondary N) is 2. The van der Waals surface area contributed by atoms with Gasteiger partial charge >= 0.3 is 0 Å². The third-order valence-corrected chi connectivity index (χ3v) is 5.41. The van der Waals surface area contributed by atoms with Crippen LogP contribution in [0, 0.1) is 0 Å². The first kappa shape index (κ1) is 21.0. The summed E-state index contributed by atoms with van der Waals surface area (Å²) >= 11 is 0. The van der Waals surface area contributed by atoms with E-state index in [1.54, 1.807) is 42.5 Å². The van der Waals surface area contributed by atoms with Gasteiger partial charge in [-0.05, 0) is 42.7 Å². The average molecular weight is 416 g/mol. The summed E-state index contributed by atoms with van der Waals surface area (Å²) in [6.45, 7) is 1.14. The summed E-state index contributed by atoms with van der Waals surface area (Å²) in [5, 5.41) is 5.59. The highest BCUT2D eigenvalue weighted by Gasteiger charge is 2.19. The molecule has 7 nitrogen and oxygen atoms in total. The lowest BCUT2D eigenvalue weighted by atomic mass is 10.1. The molecule has 1 aliphatic rings. The molecule has 0 spiro atoms. The van der Waals surface area contributed by atoms with Crippen LogP contribution in [0.4, 0.5) is 5.69 Å². The lowest BCUT2D eigenvalue weighted by Crippen LogP contribution is -2.32. The van der Waals surface area contributed by atoms with Crippen LogP contribution in [-0.2, 0) is 20.3 Å². The number of benzene rings is 2. The van der Waals surface area contributed by atoms with Gasteiger partial charge in [-0.1, -0.05) is 24.3 Å². The van der Waals surface area contributed by atoms with Crippen LogP contribution in [0.25, 0.3) is 0 Å². The van der Waals surface area contributed by atoms with Gasteiger partial charge in [-0.25, -0.2) is 8.42 Å². The van der Waals surface area contributed by atoms with Crippen molar-refractivity contribution in [2.75, 3.05) is 24.7 Å². The van der Waals surface area contributed by atoms with E-state index >= 15 is 0 Å². The molecule has 2 N–H and O–H groups in total. The van der Waals surface area contributed by atoms with E-state index in [0.717, 1.165) is 19.1 Å². The Hall–Kier alpha value is -2.71. The summed E-state index contributed by atoms with van der Waals surface area (Å²) < 4.78 is 28.5. The van der Waals surface area contributed by atoms with Gasteiger partial charge in [-0.3, -0.25) is 9.59 Å². The highest BCUT2D eigenvalue weighted by Crippen LogP contribution is 2.18. The molecule has 1 heterocycles. The summed E-state index contributed by atoms with van der Waals surface area (Å²) in [7, 11) is -3.20. The molecule has 154 valence electrons. The number of ether oxygens (including phenoxy) is 1. The third-order valence-electron chi connectivity index (χ3n) is 4.55. The molecule has 0 radical (unpaired) electrons. The molecule has 29 heavy (non-hydrogen) atoms. The van der Waals surface area contributed by atoms with Gasteiger partial charge in [0.1, 0.15) is 0 Å². The fraction of sp³-hybridized carbons (Fsp3) is 0.333. The zero-order valence-corrected chi connectivity index (χ0v) is 17.0. The van der Waals surface area contributed by atoms with E-state index in [4.69, 9.17) is 4.74 Å². The molecule has 0 aromatic heterocycles. The van der Waals surface area contributed by atoms with Crippen LogP contribution < -0.4 is 10.6 Å². The molecule has 0 saturated carbocycles. The summed E-state index contributed by atoms with van der Waals surface area (Å²) in [5.74, 6) is -0.849. The fourth-order valence-electron chi connectivity index (χ4n) is 3.20. The van der Waals surface area contributed by atoms with E-state index in [1.807, 2.05) is 0 Å². The first-order chi connectivity index (χ1) is 13.8. The Labute approximate surface area is 170 Å². The summed E-state index contributed by atoms with van der Waals surface area (Å²) in [6, 6.07) is 13.2. The Kier molecular flexibility index (Phi) is 6.66. The Bertz CT molecular complexity index is 998. The molecule has 1 unspecified atom stereocenters. The van der Waals surface area contributed by atoms with Crippen LogP contribution in [0.15, 0.2) is 48.5 Å². The molecule has 1 aliphatic heterocycles. The lowest BCUT2D eigenvalue weighted by Gasteiger charge is -2.14. The molecule has 2 amide bonds. The van der Waals surface area contributed by atoms with E-state index in [0.29, 0.717) is 35.5 Å². The summed E-state index contributed by atoms with van der Waals surface area (Å²) in [4.78, 5) is 25.2. The summed E-state index contributed by atoms with van der Waals surface area (Å²) in [6.07, 6.45) is 3.08. The maximum Gasteiger partial charge on any atom is 0.255 e. The largest absolute Gasteiger partial charge is 0.376 e. The predicted molar refractivity (Wildman–Crippen MR) is 111 cm³/mol. The van der Waals surface area contributed by atoms with Crippen molar-refractivity contribution in [1.29, 1.82) is 0 Å². The lowest BCUT2D eigenvalue weighted by molar-refractivity contribution is 0.0858. The van der Waals surface area contributed by atoms with Gasteiger partial charge < -0.3 is 15.4 Å². The van der Waals surface area contributed by atoms with Crippen molar-refractivity contribution in [2.24, 2.45) is 0 Å². The number of amides is 2. The zero-order valence-electron chi connectivity index (χ0n) is 16.2. The maximum atomic E-state index is 12.7. The number of rotatable bonds is 7. The minimum Gasteiger partial charge on any atom is -0.376 e. The van der Waals surface area contributed by atoms with E-state index in [-0.39, 0.29) is 17.8 Å². The van der Waals surface area contributed by atoms with Crippen LogP contribution in [0.1, 0.15) is 39.1 Å². The van der Waals surface area contributed by atoms with Crippen molar-refractivity contribution in [2.45, 2.75) is 24.7 Å². The fourth-order valence-corrected chi connectivity index (χ4v) is 3.98. The molecule has 1 saturated heterocycles. The second kappa shape index (κ2) is 9.19. The van der Waals surface area contributed by atoms with Crippen molar-refractivity contribution in [1.82, 2.24) is 5.32 Å². The van der Waals surface area contributed by atoms with Crippen LogP contribution >= 0.6 is 0 Å². The number of sulfone groups is 1. The number of carbonyl (C=O) groups is 2. The Balaban J connectivity index is 1.70. The first-order valence-corrected chi connectivity index (χ1v) is 11.4. The normalized spacial score (nSPS) is 16.4. The molecule has 2 aromatic carbocycles. The van der Waals surface area contributed by atoms with Gasteiger partial charge in [0, 0.05) is 25.0 Å². The number of anilines is 1. The molecular formula is C21H24N2O5S. The smallest absolute Gasteiger partial charge is 0.255 e. The second-order valence-corrected chi connectivity index (χ2v) is 9.26. The molecule has 2 aromatic rings. The topological polar surface area (TPSA) is 102 Å². The average Bonchev–Trinajstić information content (AvgIpc) is 3.19. The predicted octanol–water partition coefficient (Wildman–Crippen LogP) is 2.39. The molecule has 0 aliphatic carbocycles.